The molecule has 1 heterocycles. The number of aromatic nitrogens is 2. The molecule has 5 heteroatoms. The first-order valence-electron chi connectivity index (χ1n) is 6.43. The van der Waals surface area contributed by atoms with Gasteiger partial charge in [-0.25, -0.2) is 14.8 Å². The Kier molecular flexibility index (Phi) is 4.50. The number of carbonyl (C=O) groups is 1. The number of carbonyl (C=O) groups excluding carboxylic acids is 1. The lowest BCUT2D eigenvalue weighted by Gasteiger charge is -2.11. The molecule has 1 aromatic heterocycles. The number of anilines is 1. The van der Waals surface area contributed by atoms with Crippen LogP contribution in [0.4, 0.5) is 5.82 Å². The number of esters is 1. The van der Waals surface area contributed by atoms with Crippen molar-refractivity contribution in [3.05, 3.63) is 18.1 Å². The lowest BCUT2D eigenvalue weighted by Crippen LogP contribution is -2.13. The SMILES string of the molecule is COC(=O)c1cncnc1NCCC1CCCC1. The lowest BCUT2D eigenvalue weighted by atomic mass is 10.0. The molecule has 0 bridgehead atoms. The van der Waals surface area contributed by atoms with Crippen molar-refractivity contribution in [2.75, 3.05) is 19.0 Å². The van der Waals surface area contributed by atoms with Gasteiger partial charge in [0.1, 0.15) is 17.7 Å². The number of hydrogen-bond acceptors (Lipinski definition) is 5. The Hall–Kier alpha value is -1.65. The Morgan fingerprint density at radius 2 is 2.28 bits per heavy atom. The molecule has 1 aliphatic rings. The fourth-order valence-corrected chi connectivity index (χ4v) is 2.42. The zero-order valence-corrected chi connectivity index (χ0v) is 10.7. The highest BCUT2D eigenvalue weighted by Crippen LogP contribution is 2.27. The van der Waals surface area contributed by atoms with Crippen LogP contribution < -0.4 is 5.32 Å². The number of hydrogen-bond donors (Lipinski definition) is 1. The van der Waals surface area contributed by atoms with Crippen LogP contribution in [0.2, 0.25) is 0 Å². The fourth-order valence-electron chi connectivity index (χ4n) is 2.42. The maximum atomic E-state index is 11.5. The second kappa shape index (κ2) is 6.33. The van der Waals surface area contributed by atoms with Crippen molar-refractivity contribution in [2.45, 2.75) is 32.1 Å². The summed E-state index contributed by atoms with van der Waals surface area (Å²) in [6.45, 7) is 0.839. The number of ether oxygens (including phenoxy) is 1. The van der Waals surface area contributed by atoms with Crippen molar-refractivity contribution in [3.63, 3.8) is 0 Å². The summed E-state index contributed by atoms with van der Waals surface area (Å²) in [7, 11) is 1.36. The number of nitrogens with zero attached hydrogens (tertiary/aromatic N) is 2. The molecule has 0 aromatic carbocycles. The van der Waals surface area contributed by atoms with Gasteiger partial charge in [0.2, 0.25) is 0 Å². The summed E-state index contributed by atoms with van der Waals surface area (Å²) in [6, 6.07) is 0. The Morgan fingerprint density at radius 3 is 3.00 bits per heavy atom. The predicted octanol–water partition coefficient (Wildman–Crippen LogP) is 2.26. The average molecular weight is 249 g/mol. The van der Waals surface area contributed by atoms with E-state index in [9.17, 15) is 4.79 Å². The summed E-state index contributed by atoms with van der Waals surface area (Å²) in [5.41, 5.74) is 0.395. The van der Waals surface area contributed by atoms with Gasteiger partial charge in [0.25, 0.3) is 0 Å². The molecule has 0 spiro atoms. The molecule has 0 radical (unpaired) electrons. The number of rotatable bonds is 5. The Labute approximate surface area is 107 Å². The molecular weight excluding hydrogens is 230 g/mol. The van der Waals surface area contributed by atoms with E-state index in [0.29, 0.717) is 11.4 Å². The van der Waals surface area contributed by atoms with Gasteiger partial charge in [0.15, 0.2) is 0 Å². The minimum absolute atomic E-state index is 0.395. The van der Waals surface area contributed by atoms with Gasteiger partial charge >= 0.3 is 5.97 Å². The van der Waals surface area contributed by atoms with Gasteiger partial charge in [0.05, 0.1) is 7.11 Å². The van der Waals surface area contributed by atoms with Crippen LogP contribution in [-0.2, 0) is 4.74 Å². The molecule has 18 heavy (non-hydrogen) atoms. The van der Waals surface area contributed by atoms with E-state index in [0.717, 1.165) is 18.9 Å². The summed E-state index contributed by atoms with van der Waals surface area (Å²) >= 11 is 0. The summed E-state index contributed by atoms with van der Waals surface area (Å²) in [6.07, 6.45) is 9.41. The molecule has 1 N–H and O–H groups in total. The van der Waals surface area contributed by atoms with Gasteiger partial charge in [-0.3, -0.25) is 0 Å². The highest BCUT2D eigenvalue weighted by Gasteiger charge is 2.16. The van der Waals surface area contributed by atoms with Gasteiger partial charge in [-0.1, -0.05) is 25.7 Å². The van der Waals surface area contributed by atoms with Gasteiger partial charge in [-0.15, -0.1) is 0 Å². The van der Waals surface area contributed by atoms with Crippen LogP contribution in [0.1, 0.15) is 42.5 Å². The first kappa shape index (κ1) is 12.8. The lowest BCUT2D eigenvalue weighted by molar-refractivity contribution is 0.0601. The van der Waals surface area contributed by atoms with E-state index >= 15 is 0 Å². The largest absolute Gasteiger partial charge is 0.465 e. The van der Waals surface area contributed by atoms with Crippen molar-refractivity contribution < 1.29 is 9.53 Å². The van der Waals surface area contributed by atoms with Crippen LogP contribution in [-0.4, -0.2) is 29.6 Å². The third kappa shape index (κ3) is 3.18. The van der Waals surface area contributed by atoms with Crippen LogP contribution in [0.5, 0.6) is 0 Å². The monoisotopic (exact) mass is 249 g/mol. The van der Waals surface area contributed by atoms with Gasteiger partial charge in [0, 0.05) is 12.7 Å². The van der Waals surface area contributed by atoms with Crippen molar-refractivity contribution >= 4 is 11.8 Å². The molecule has 1 aromatic rings. The highest BCUT2D eigenvalue weighted by atomic mass is 16.5. The Bertz CT molecular complexity index is 403. The van der Waals surface area contributed by atoms with Crippen molar-refractivity contribution in [2.24, 2.45) is 5.92 Å². The first-order valence-corrected chi connectivity index (χ1v) is 6.43. The molecule has 1 aliphatic carbocycles. The van der Waals surface area contributed by atoms with Crippen molar-refractivity contribution in [1.82, 2.24) is 9.97 Å². The van der Waals surface area contributed by atoms with Crippen LogP contribution in [0.25, 0.3) is 0 Å². The topological polar surface area (TPSA) is 64.1 Å². The third-order valence-electron chi connectivity index (χ3n) is 3.44. The van der Waals surface area contributed by atoms with Gasteiger partial charge in [-0.05, 0) is 12.3 Å². The van der Waals surface area contributed by atoms with E-state index in [1.165, 1.54) is 45.3 Å². The summed E-state index contributed by atoms with van der Waals surface area (Å²) in [5.74, 6) is 0.981. The van der Waals surface area contributed by atoms with Crippen LogP contribution in [0.3, 0.4) is 0 Å². The zero-order chi connectivity index (χ0) is 12.8. The van der Waals surface area contributed by atoms with E-state index in [1.807, 2.05) is 0 Å². The van der Waals surface area contributed by atoms with E-state index in [-0.39, 0.29) is 0 Å². The summed E-state index contributed by atoms with van der Waals surface area (Å²) < 4.78 is 4.70. The molecular formula is C13H19N3O2. The molecule has 1 fully saturated rings. The van der Waals surface area contributed by atoms with Crippen molar-refractivity contribution in [1.29, 1.82) is 0 Å². The number of methoxy groups -OCH3 is 1. The standard InChI is InChI=1S/C13H19N3O2/c1-18-13(17)11-8-14-9-16-12(11)15-7-6-10-4-2-3-5-10/h8-10H,2-7H2,1H3,(H,14,15,16). The fraction of sp³-hybridized carbons (Fsp3) is 0.615. The highest BCUT2D eigenvalue weighted by molar-refractivity contribution is 5.94. The second-order valence-electron chi connectivity index (χ2n) is 4.64. The Morgan fingerprint density at radius 1 is 1.50 bits per heavy atom. The van der Waals surface area contributed by atoms with Crippen LogP contribution in [0.15, 0.2) is 12.5 Å². The first-order chi connectivity index (χ1) is 8.81. The van der Waals surface area contributed by atoms with E-state index in [2.05, 4.69) is 15.3 Å². The van der Waals surface area contributed by atoms with Crippen LogP contribution in [0, 0.1) is 5.92 Å². The molecule has 0 aliphatic heterocycles. The molecule has 0 unspecified atom stereocenters. The maximum absolute atomic E-state index is 11.5. The van der Waals surface area contributed by atoms with Crippen LogP contribution >= 0.6 is 0 Å². The Balaban J connectivity index is 1.89. The van der Waals surface area contributed by atoms with Gasteiger partial charge in [-0.2, -0.15) is 0 Å². The summed E-state index contributed by atoms with van der Waals surface area (Å²) in [4.78, 5) is 19.4. The van der Waals surface area contributed by atoms with E-state index in [4.69, 9.17) is 4.74 Å². The normalized spacial score (nSPS) is 15.6. The quantitative estimate of drug-likeness (QED) is 0.811. The molecule has 0 saturated heterocycles. The van der Waals surface area contributed by atoms with E-state index in [1.54, 1.807) is 0 Å². The number of nitrogens with one attached hydrogen (secondary N) is 1. The van der Waals surface area contributed by atoms with Crippen molar-refractivity contribution in [3.8, 4) is 0 Å². The predicted molar refractivity (Wildman–Crippen MR) is 68.4 cm³/mol. The minimum atomic E-state index is -0.404. The molecule has 5 nitrogen and oxygen atoms in total. The molecule has 0 amide bonds. The summed E-state index contributed by atoms with van der Waals surface area (Å²) in [5, 5.41) is 3.20. The second-order valence-corrected chi connectivity index (χ2v) is 4.64. The molecule has 1 saturated carbocycles. The van der Waals surface area contributed by atoms with Gasteiger partial charge < -0.3 is 10.1 Å². The average Bonchev–Trinajstić information content (AvgIpc) is 2.92. The zero-order valence-electron chi connectivity index (χ0n) is 10.7. The molecule has 98 valence electrons. The smallest absolute Gasteiger partial charge is 0.343 e. The molecule has 2 rings (SSSR count). The van der Waals surface area contributed by atoms with E-state index < -0.39 is 5.97 Å². The molecule has 0 atom stereocenters. The third-order valence-corrected chi connectivity index (χ3v) is 3.44. The maximum Gasteiger partial charge on any atom is 0.343 e. The minimum Gasteiger partial charge on any atom is -0.465 e.